The third-order valence-electron chi connectivity index (χ3n) is 4.16. The summed E-state index contributed by atoms with van der Waals surface area (Å²) in [7, 11) is 0. The number of benzene rings is 1. The van der Waals surface area contributed by atoms with E-state index in [1.54, 1.807) is 47.4 Å². The van der Waals surface area contributed by atoms with E-state index in [-0.39, 0.29) is 12.5 Å². The zero-order chi connectivity index (χ0) is 17.9. The zero-order valence-corrected chi connectivity index (χ0v) is 13.9. The maximum atomic E-state index is 12.5. The molecule has 1 fully saturated rings. The zero-order valence-electron chi connectivity index (χ0n) is 13.9. The van der Waals surface area contributed by atoms with E-state index in [1.165, 1.54) is 6.26 Å². The molecule has 0 atom stereocenters. The van der Waals surface area contributed by atoms with Gasteiger partial charge in [-0.3, -0.25) is 4.79 Å². The molecule has 0 aliphatic carbocycles. The first kappa shape index (κ1) is 16.1. The molecule has 1 aliphatic heterocycles. The van der Waals surface area contributed by atoms with E-state index < -0.39 is 5.97 Å². The molecule has 1 amide bonds. The maximum Gasteiger partial charge on any atom is 0.340 e. The summed E-state index contributed by atoms with van der Waals surface area (Å²) in [6, 6.07) is 12.1. The van der Waals surface area contributed by atoms with Gasteiger partial charge < -0.3 is 18.6 Å². The number of carbonyl (C=O) groups excluding carboxylic acids is 2. The number of para-hydroxylation sites is 1. The van der Waals surface area contributed by atoms with Gasteiger partial charge in [0, 0.05) is 19.0 Å². The van der Waals surface area contributed by atoms with Crippen molar-refractivity contribution in [1.29, 1.82) is 0 Å². The van der Waals surface area contributed by atoms with E-state index in [9.17, 15) is 9.59 Å². The predicted molar refractivity (Wildman–Crippen MR) is 91.4 cm³/mol. The summed E-state index contributed by atoms with van der Waals surface area (Å²) < 4.78 is 15.8. The van der Waals surface area contributed by atoms with Crippen molar-refractivity contribution < 1.29 is 23.3 Å². The van der Waals surface area contributed by atoms with Gasteiger partial charge in [-0.05, 0) is 30.7 Å². The third kappa shape index (κ3) is 3.11. The molecule has 3 heterocycles. The van der Waals surface area contributed by atoms with E-state index >= 15 is 0 Å². The Morgan fingerprint density at radius 2 is 2.08 bits per heavy atom. The Labute approximate surface area is 149 Å². The smallest absolute Gasteiger partial charge is 0.340 e. The molecule has 26 heavy (non-hydrogen) atoms. The van der Waals surface area contributed by atoms with Gasteiger partial charge in [0.15, 0.2) is 5.76 Å². The second-order valence-electron chi connectivity index (χ2n) is 5.90. The van der Waals surface area contributed by atoms with Crippen LogP contribution in [0.2, 0.25) is 0 Å². The number of esters is 1. The Kier molecular flexibility index (Phi) is 4.27. The first-order valence-corrected chi connectivity index (χ1v) is 8.28. The topological polar surface area (TPSA) is 85.8 Å². The molecule has 4 rings (SSSR count). The monoisotopic (exact) mass is 352 g/mol. The van der Waals surface area contributed by atoms with Crippen LogP contribution in [0.3, 0.4) is 0 Å². The maximum absolute atomic E-state index is 12.5. The summed E-state index contributed by atoms with van der Waals surface area (Å²) in [6.07, 6.45) is 2.82. The van der Waals surface area contributed by atoms with Gasteiger partial charge in [-0.2, -0.15) is 0 Å². The van der Waals surface area contributed by atoms with E-state index in [0.717, 1.165) is 6.42 Å². The van der Waals surface area contributed by atoms with E-state index in [4.69, 9.17) is 13.7 Å². The van der Waals surface area contributed by atoms with Crippen molar-refractivity contribution in [2.75, 3.05) is 11.4 Å². The summed E-state index contributed by atoms with van der Waals surface area (Å²) >= 11 is 0. The van der Waals surface area contributed by atoms with Crippen molar-refractivity contribution in [3.8, 4) is 11.5 Å². The van der Waals surface area contributed by atoms with Crippen LogP contribution in [0.25, 0.3) is 11.5 Å². The van der Waals surface area contributed by atoms with Gasteiger partial charge in [-0.15, -0.1) is 0 Å². The lowest BCUT2D eigenvalue weighted by Gasteiger charge is -2.18. The van der Waals surface area contributed by atoms with Gasteiger partial charge in [0.2, 0.25) is 11.7 Å². The molecule has 0 bridgehead atoms. The first-order valence-electron chi connectivity index (χ1n) is 8.28. The number of anilines is 1. The Bertz CT molecular complexity index is 929. The number of hydrogen-bond donors (Lipinski definition) is 0. The van der Waals surface area contributed by atoms with Crippen LogP contribution in [0, 0.1) is 0 Å². The minimum atomic E-state index is -0.511. The molecular formula is C19H16N2O5. The van der Waals surface area contributed by atoms with Gasteiger partial charge in [0.05, 0.1) is 17.5 Å². The van der Waals surface area contributed by atoms with Crippen molar-refractivity contribution in [2.24, 2.45) is 0 Å². The highest BCUT2D eigenvalue weighted by Gasteiger charge is 2.26. The van der Waals surface area contributed by atoms with Crippen LogP contribution in [0.4, 0.5) is 5.69 Å². The number of carbonyl (C=O) groups is 2. The summed E-state index contributed by atoms with van der Waals surface area (Å²) in [5.74, 6) is 0.518. The fraction of sp³-hybridized carbons (Fsp3) is 0.211. The molecule has 0 spiro atoms. The number of furan rings is 1. The summed E-state index contributed by atoms with van der Waals surface area (Å²) in [6.45, 7) is 0.574. The minimum absolute atomic E-state index is 0.0184. The Balaban J connectivity index is 1.47. The van der Waals surface area contributed by atoms with Gasteiger partial charge in [0.25, 0.3) is 0 Å². The third-order valence-corrected chi connectivity index (χ3v) is 4.16. The van der Waals surface area contributed by atoms with Crippen LogP contribution in [-0.4, -0.2) is 23.6 Å². The van der Waals surface area contributed by atoms with E-state index in [0.29, 0.717) is 41.4 Å². The number of aromatic nitrogens is 1. The summed E-state index contributed by atoms with van der Waals surface area (Å²) in [5.41, 5.74) is 1.41. The average molecular weight is 352 g/mol. The van der Waals surface area contributed by atoms with E-state index in [2.05, 4.69) is 5.16 Å². The lowest BCUT2D eigenvalue weighted by molar-refractivity contribution is -0.117. The Hall–Kier alpha value is -3.35. The highest BCUT2D eigenvalue weighted by molar-refractivity contribution is 6.03. The molecular weight excluding hydrogens is 336 g/mol. The lowest BCUT2D eigenvalue weighted by Crippen LogP contribution is -2.26. The molecule has 7 nitrogen and oxygen atoms in total. The van der Waals surface area contributed by atoms with Crippen LogP contribution in [0.5, 0.6) is 0 Å². The normalized spacial score (nSPS) is 14.0. The number of rotatable bonds is 5. The van der Waals surface area contributed by atoms with Gasteiger partial charge in [0.1, 0.15) is 12.3 Å². The van der Waals surface area contributed by atoms with Crippen molar-refractivity contribution in [3.05, 3.63) is 60.0 Å². The lowest BCUT2D eigenvalue weighted by atomic mass is 10.1. The number of hydrogen-bond acceptors (Lipinski definition) is 6. The van der Waals surface area contributed by atoms with E-state index in [1.807, 2.05) is 0 Å². The van der Waals surface area contributed by atoms with Gasteiger partial charge in [-0.25, -0.2) is 4.79 Å². The predicted octanol–water partition coefficient (Wildman–Crippen LogP) is 3.42. The molecule has 7 heteroatoms. The van der Waals surface area contributed by atoms with Crippen LogP contribution in [-0.2, 0) is 16.1 Å². The number of ether oxygens (including phenoxy) is 1. The molecule has 1 aromatic carbocycles. The average Bonchev–Trinajstić information content (AvgIpc) is 3.41. The van der Waals surface area contributed by atoms with Gasteiger partial charge >= 0.3 is 5.97 Å². The molecule has 2 aromatic heterocycles. The SMILES string of the molecule is O=C(OCc1cc(-c2ccco2)on1)c1ccccc1N1CCCC1=O. The fourth-order valence-electron chi connectivity index (χ4n) is 2.92. The standard InChI is InChI=1S/C19H16N2O5/c22-18-8-3-9-21(18)15-6-2-1-5-14(15)19(23)25-12-13-11-17(26-20-13)16-7-4-10-24-16/h1-2,4-7,10-11H,3,8-9,12H2. The quantitative estimate of drug-likeness (QED) is 0.654. The van der Waals surface area contributed by atoms with Crippen molar-refractivity contribution in [1.82, 2.24) is 5.16 Å². The minimum Gasteiger partial charge on any atom is -0.461 e. The molecule has 132 valence electrons. The second-order valence-corrected chi connectivity index (χ2v) is 5.90. The van der Waals surface area contributed by atoms with Crippen LogP contribution >= 0.6 is 0 Å². The molecule has 0 unspecified atom stereocenters. The Morgan fingerprint density at radius 1 is 1.19 bits per heavy atom. The molecule has 0 N–H and O–H groups in total. The van der Waals surface area contributed by atoms with Crippen molar-refractivity contribution >= 4 is 17.6 Å². The summed E-state index contributed by atoms with van der Waals surface area (Å²) in [4.78, 5) is 26.1. The number of amides is 1. The van der Waals surface area contributed by atoms with Crippen molar-refractivity contribution in [3.63, 3.8) is 0 Å². The van der Waals surface area contributed by atoms with Crippen LogP contribution < -0.4 is 4.90 Å². The fourth-order valence-corrected chi connectivity index (χ4v) is 2.92. The first-order chi connectivity index (χ1) is 12.7. The van der Waals surface area contributed by atoms with Crippen LogP contribution in [0.1, 0.15) is 28.9 Å². The largest absolute Gasteiger partial charge is 0.461 e. The highest BCUT2D eigenvalue weighted by Crippen LogP contribution is 2.26. The molecule has 1 aliphatic rings. The second kappa shape index (κ2) is 6.87. The van der Waals surface area contributed by atoms with Gasteiger partial charge in [-0.1, -0.05) is 17.3 Å². The van der Waals surface area contributed by atoms with Crippen molar-refractivity contribution in [2.45, 2.75) is 19.4 Å². The number of nitrogens with zero attached hydrogens (tertiary/aromatic N) is 2. The molecule has 0 radical (unpaired) electrons. The molecule has 0 saturated carbocycles. The Morgan fingerprint density at radius 3 is 2.85 bits per heavy atom. The molecule has 3 aromatic rings. The highest BCUT2D eigenvalue weighted by atomic mass is 16.5. The van der Waals surface area contributed by atoms with Crippen LogP contribution in [0.15, 0.2) is 57.7 Å². The summed E-state index contributed by atoms with van der Waals surface area (Å²) in [5, 5.41) is 3.87. The molecule has 1 saturated heterocycles.